The van der Waals surface area contributed by atoms with Gasteiger partial charge in [0.05, 0.1) is 17.7 Å². The van der Waals surface area contributed by atoms with E-state index < -0.39 is 0 Å². The molecule has 0 aromatic carbocycles. The standard InChI is InChI=1S/C16H17N3OS/c20-15(19-9-12-8-17-11-18-13(12)10-19)16(5-1-2-6-16)14-4-3-7-21-14/h3-4,7-8,11H,1-2,5-6,9-10H2. The van der Waals surface area contributed by atoms with E-state index in [1.165, 1.54) is 4.88 Å². The number of aromatic nitrogens is 2. The quantitative estimate of drug-likeness (QED) is 0.856. The van der Waals surface area contributed by atoms with E-state index in [4.69, 9.17) is 0 Å². The Balaban J connectivity index is 1.65. The van der Waals surface area contributed by atoms with Crippen molar-refractivity contribution in [3.8, 4) is 0 Å². The summed E-state index contributed by atoms with van der Waals surface area (Å²) in [6, 6.07) is 4.18. The van der Waals surface area contributed by atoms with E-state index in [-0.39, 0.29) is 11.3 Å². The molecule has 108 valence electrons. The first kappa shape index (κ1) is 13.0. The van der Waals surface area contributed by atoms with Crippen molar-refractivity contribution in [1.82, 2.24) is 14.9 Å². The highest BCUT2D eigenvalue weighted by Crippen LogP contribution is 2.45. The van der Waals surface area contributed by atoms with Crippen molar-refractivity contribution in [1.29, 1.82) is 0 Å². The molecule has 5 heteroatoms. The molecular weight excluding hydrogens is 282 g/mol. The number of hydrogen-bond acceptors (Lipinski definition) is 4. The molecule has 1 saturated carbocycles. The number of carbonyl (C=O) groups is 1. The SMILES string of the molecule is O=C(N1Cc2cncnc2C1)C1(c2cccs2)CCCC1. The lowest BCUT2D eigenvalue weighted by Gasteiger charge is -2.31. The minimum atomic E-state index is -0.288. The molecule has 2 aromatic rings. The van der Waals surface area contributed by atoms with E-state index in [2.05, 4.69) is 27.5 Å². The Morgan fingerprint density at radius 1 is 1.29 bits per heavy atom. The number of fused-ring (bicyclic) bond motifs is 1. The van der Waals surface area contributed by atoms with Gasteiger partial charge in [-0.25, -0.2) is 9.97 Å². The monoisotopic (exact) mass is 299 g/mol. The van der Waals surface area contributed by atoms with Gasteiger partial charge in [-0.05, 0) is 24.3 Å². The van der Waals surface area contributed by atoms with Crippen molar-refractivity contribution in [2.24, 2.45) is 0 Å². The summed E-state index contributed by atoms with van der Waals surface area (Å²) in [6.45, 7) is 1.28. The number of amides is 1. The summed E-state index contributed by atoms with van der Waals surface area (Å²) in [4.78, 5) is 24.8. The summed E-state index contributed by atoms with van der Waals surface area (Å²) in [5.74, 6) is 0.278. The summed E-state index contributed by atoms with van der Waals surface area (Å²) in [6.07, 6.45) is 7.64. The van der Waals surface area contributed by atoms with Gasteiger partial charge < -0.3 is 4.90 Å². The first-order valence-electron chi connectivity index (χ1n) is 7.41. The van der Waals surface area contributed by atoms with Crippen LogP contribution in [0.2, 0.25) is 0 Å². The third kappa shape index (κ3) is 1.99. The van der Waals surface area contributed by atoms with Crippen molar-refractivity contribution < 1.29 is 4.79 Å². The van der Waals surface area contributed by atoms with Crippen LogP contribution in [0.1, 0.15) is 41.8 Å². The van der Waals surface area contributed by atoms with Crippen molar-refractivity contribution >= 4 is 17.2 Å². The minimum absolute atomic E-state index is 0.278. The lowest BCUT2D eigenvalue weighted by atomic mass is 9.83. The highest BCUT2D eigenvalue weighted by Gasteiger charge is 2.46. The molecule has 0 bridgehead atoms. The summed E-state index contributed by atoms with van der Waals surface area (Å²) in [5, 5.41) is 2.08. The van der Waals surface area contributed by atoms with Crippen LogP contribution in [0.4, 0.5) is 0 Å². The Morgan fingerprint density at radius 2 is 2.14 bits per heavy atom. The summed E-state index contributed by atoms with van der Waals surface area (Å²) < 4.78 is 0. The van der Waals surface area contributed by atoms with Crippen LogP contribution in [0, 0.1) is 0 Å². The van der Waals surface area contributed by atoms with Crippen molar-refractivity contribution in [2.75, 3.05) is 0 Å². The molecule has 4 rings (SSSR count). The van der Waals surface area contributed by atoms with Gasteiger partial charge in [-0.2, -0.15) is 0 Å². The van der Waals surface area contributed by atoms with Crippen LogP contribution in [0.5, 0.6) is 0 Å². The molecule has 2 aromatic heterocycles. The highest BCUT2D eigenvalue weighted by molar-refractivity contribution is 7.10. The molecule has 21 heavy (non-hydrogen) atoms. The first-order chi connectivity index (χ1) is 10.3. The van der Waals surface area contributed by atoms with E-state index >= 15 is 0 Å². The number of rotatable bonds is 2. The van der Waals surface area contributed by atoms with Crippen molar-refractivity contribution in [3.63, 3.8) is 0 Å². The average Bonchev–Trinajstić information content (AvgIpc) is 3.24. The van der Waals surface area contributed by atoms with Crippen LogP contribution >= 0.6 is 11.3 Å². The molecular formula is C16H17N3OS. The van der Waals surface area contributed by atoms with Gasteiger partial charge in [0, 0.05) is 23.2 Å². The zero-order valence-electron chi connectivity index (χ0n) is 11.8. The normalized spacial score (nSPS) is 19.7. The number of carbonyl (C=O) groups excluding carboxylic acids is 1. The van der Waals surface area contributed by atoms with E-state index in [1.54, 1.807) is 17.7 Å². The van der Waals surface area contributed by atoms with Crippen LogP contribution < -0.4 is 0 Å². The molecule has 3 heterocycles. The smallest absolute Gasteiger partial charge is 0.234 e. The molecule has 0 N–H and O–H groups in total. The lowest BCUT2D eigenvalue weighted by molar-refractivity contribution is -0.138. The van der Waals surface area contributed by atoms with Crippen LogP contribution in [-0.2, 0) is 23.3 Å². The van der Waals surface area contributed by atoms with Crippen LogP contribution in [0.3, 0.4) is 0 Å². The topological polar surface area (TPSA) is 46.1 Å². The Hall–Kier alpha value is -1.75. The maximum absolute atomic E-state index is 13.2. The molecule has 1 aliphatic heterocycles. The van der Waals surface area contributed by atoms with E-state index in [0.717, 1.165) is 36.9 Å². The lowest BCUT2D eigenvalue weighted by Crippen LogP contribution is -2.42. The van der Waals surface area contributed by atoms with E-state index in [1.807, 2.05) is 11.1 Å². The average molecular weight is 299 g/mol. The predicted molar refractivity (Wildman–Crippen MR) is 80.8 cm³/mol. The largest absolute Gasteiger partial charge is 0.332 e. The van der Waals surface area contributed by atoms with Crippen molar-refractivity contribution in [2.45, 2.75) is 44.2 Å². The molecule has 4 nitrogen and oxygen atoms in total. The Labute approximate surface area is 127 Å². The van der Waals surface area contributed by atoms with Gasteiger partial charge in [0.2, 0.25) is 5.91 Å². The zero-order chi connectivity index (χ0) is 14.3. The summed E-state index contributed by atoms with van der Waals surface area (Å²) in [7, 11) is 0. The van der Waals surface area contributed by atoms with Crippen LogP contribution in [0.15, 0.2) is 30.0 Å². The molecule has 0 atom stereocenters. The fourth-order valence-corrected chi connectivity index (χ4v) is 4.62. The molecule has 1 fully saturated rings. The van der Waals surface area contributed by atoms with Gasteiger partial charge in [-0.3, -0.25) is 4.79 Å². The second kappa shape index (κ2) is 4.91. The summed E-state index contributed by atoms with van der Waals surface area (Å²) >= 11 is 1.71. The predicted octanol–water partition coefficient (Wildman–Crippen LogP) is 2.89. The van der Waals surface area contributed by atoms with Crippen LogP contribution in [-0.4, -0.2) is 20.8 Å². The minimum Gasteiger partial charge on any atom is -0.332 e. The number of thiophene rings is 1. The van der Waals surface area contributed by atoms with E-state index in [9.17, 15) is 4.79 Å². The first-order valence-corrected chi connectivity index (χ1v) is 8.29. The molecule has 0 saturated heterocycles. The Morgan fingerprint density at radius 3 is 2.86 bits per heavy atom. The van der Waals surface area contributed by atoms with Gasteiger partial charge >= 0.3 is 0 Å². The second-order valence-electron chi connectivity index (χ2n) is 5.92. The highest BCUT2D eigenvalue weighted by atomic mass is 32.1. The molecule has 1 amide bonds. The van der Waals surface area contributed by atoms with Gasteiger partial charge in [-0.1, -0.05) is 18.9 Å². The Bertz CT molecular complexity index is 637. The van der Waals surface area contributed by atoms with Gasteiger partial charge in [0.1, 0.15) is 6.33 Å². The second-order valence-corrected chi connectivity index (χ2v) is 6.87. The number of hydrogen-bond donors (Lipinski definition) is 0. The van der Waals surface area contributed by atoms with Gasteiger partial charge in [0.15, 0.2) is 0 Å². The molecule has 0 spiro atoms. The fourth-order valence-electron chi connectivity index (χ4n) is 3.64. The molecule has 2 aliphatic rings. The maximum Gasteiger partial charge on any atom is 0.234 e. The molecule has 0 unspecified atom stereocenters. The fraction of sp³-hybridized carbons (Fsp3) is 0.438. The summed E-state index contributed by atoms with van der Waals surface area (Å²) in [5.41, 5.74) is 1.80. The maximum atomic E-state index is 13.2. The third-order valence-electron chi connectivity index (χ3n) is 4.73. The van der Waals surface area contributed by atoms with E-state index in [0.29, 0.717) is 13.1 Å². The Kier molecular flexibility index (Phi) is 3.03. The molecule has 1 aliphatic carbocycles. The zero-order valence-corrected chi connectivity index (χ0v) is 12.6. The van der Waals surface area contributed by atoms with Gasteiger partial charge in [0.25, 0.3) is 0 Å². The van der Waals surface area contributed by atoms with Crippen molar-refractivity contribution in [3.05, 3.63) is 46.2 Å². The number of nitrogens with zero attached hydrogens (tertiary/aromatic N) is 3. The van der Waals surface area contributed by atoms with Gasteiger partial charge in [-0.15, -0.1) is 11.3 Å². The van der Waals surface area contributed by atoms with Crippen LogP contribution in [0.25, 0.3) is 0 Å². The third-order valence-corrected chi connectivity index (χ3v) is 5.80. The molecule has 0 radical (unpaired) electrons.